The summed E-state index contributed by atoms with van der Waals surface area (Å²) in [5.41, 5.74) is 5.42. The molecule has 5 nitrogen and oxygen atoms in total. The fourth-order valence-electron chi connectivity index (χ4n) is 4.84. The largest absolute Gasteiger partial charge is 0.493 e. The molecule has 0 aliphatic carbocycles. The number of para-hydroxylation sites is 3. The maximum atomic E-state index is 13.0. The van der Waals surface area contributed by atoms with E-state index < -0.39 is 0 Å². The van der Waals surface area contributed by atoms with Crippen molar-refractivity contribution in [2.45, 2.75) is 45.6 Å². The van der Waals surface area contributed by atoms with Gasteiger partial charge in [-0.1, -0.05) is 36.4 Å². The number of benzene rings is 3. The monoisotopic (exact) mass is 531 g/mol. The van der Waals surface area contributed by atoms with Crippen molar-refractivity contribution in [3.8, 4) is 5.75 Å². The van der Waals surface area contributed by atoms with Crippen LogP contribution >= 0.6 is 15.9 Å². The van der Waals surface area contributed by atoms with E-state index in [2.05, 4.69) is 70.7 Å². The molecule has 4 aromatic rings. The first kappa shape index (κ1) is 23.6. The Kier molecular flexibility index (Phi) is 6.91. The number of nitrogens with zero attached hydrogens (tertiary/aromatic N) is 3. The zero-order valence-electron chi connectivity index (χ0n) is 20.2. The molecule has 1 amide bonds. The van der Waals surface area contributed by atoms with E-state index in [1.807, 2.05) is 35.2 Å². The second-order valence-corrected chi connectivity index (χ2v) is 10.1. The molecule has 1 atom stereocenters. The van der Waals surface area contributed by atoms with Crippen molar-refractivity contribution in [3.63, 3.8) is 0 Å². The lowest BCUT2D eigenvalue weighted by Crippen LogP contribution is -2.25. The Labute approximate surface area is 214 Å². The minimum absolute atomic E-state index is 0.0631. The van der Waals surface area contributed by atoms with Gasteiger partial charge in [0.05, 0.1) is 23.3 Å². The number of unbranched alkanes of at least 4 members (excludes halogenated alkanes) is 1. The number of fused-ring (bicyclic) bond motifs is 1. The lowest BCUT2D eigenvalue weighted by molar-refractivity contribution is -0.117. The van der Waals surface area contributed by atoms with Gasteiger partial charge in [0.1, 0.15) is 11.6 Å². The molecule has 1 unspecified atom stereocenters. The van der Waals surface area contributed by atoms with Crippen molar-refractivity contribution in [1.29, 1.82) is 0 Å². The molecule has 1 fully saturated rings. The topological polar surface area (TPSA) is 47.4 Å². The van der Waals surface area contributed by atoms with Gasteiger partial charge in [0.2, 0.25) is 5.91 Å². The molecule has 0 radical (unpaired) electrons. The van der Waals surface area contributed by atoms with Crippen LogP contribution in [-0.2, 0) is 11.3 Å². The first-order valence-electron chi connectivity index (χ1n) is 12.2. The Bertz CT molecular complexity index is 1360. The summed E-state index contributed by atoms with van der Waals surface area (Å²) in [6.07, 6.45) is 2.40. The highest BCUT2D eigenvalue weighted by Crippen LogP contribution is 2.36. The molecule has 2 heterocycles. The molecule has 1 saturated heterocycles. The first-order chi connectivity index (χ1) is 17.0. The number of carbonyl (C=O) groups excluding carboxylic acids is 1. The van der Waals surface area contributed by atoms with E-state index in [0.29, 0.717) is 19.6 Å². The van der Waals surface area contributed by atoms with Gasteiger partial charge in [0.15, 0.2) is 0 Å². The van der Waals surface area contributed by atoms with Gasteiger partial charge >= 0.3 is 0 Å². The van der Waals surface area contributed by atoms with Gasteiger partial charge in [-0.25, -0.2) is 4.98 Å². The predicted molar refractivity (Wildman–Crippen MR) is 144 cm³/mol. The van der Waals surface area contributed by atoms with Crippen LogP contribution in [0.15, 0.2) is 71.2 Å². The van der Waals surface area contributed by atoms with Gasteiger partial charge in [-0.15, -0.1) is 0 Å². The quantitative estimate of drug-likeness (QED) is 0.235. The second-order valence-electron chi connectivity index (χ2n) is 9.29. The minimum Gasteiger partial charge on any atom is -0.493 e. The summed E-state index contributed by atoms with van der Waals surface area (Å²) in [5.74, 6) is 2.18. The minimum atomic E-state index is 0.0631. The maximum Gasteiger partial charge on any atom is 0.227 e. The van der Waals surface area contributed by atoms with Gasteiger partial charge in [0.25, 0.3) is 0 Å². The highest BCUT2D eigenvalue weighted by molar-refractivity contribution is 9.10. The van der Waals surface area contributed by atoms with E-state index >= 15 is 0 Å². The molecule has 1 aliphatic rings. The summed E-state index contributed by atoms with van der Waals surface area (Å²) in [7, 11) is 0. The molecule has 0 saturated carbocycles. The van der Waals surface area contributed by atoms with Crippen molar-refractivity contribution in [1.82, 2.24) is 9.55 Å². The lowest BCUT2D eigenvalue weighted by atomic mass is 10.1. The number of anilines is 1. The van der Waals surface area contributed by atoms with Gasteiger partial charge < -0.3 is 14.2 Å². The van der Waals surface area contributed by atoms with Crippen molar-refractivity contribution < 1.29 is 9.53 Å². The summed E-state index contributed by atoms with van der Waals surface area (Å²) in [6, 6.07) is 22.5. The zero-order valence-corrected chi connectivity index (χ0v) is 21.8. The molecule has 5 rings (SSSR count). The third-order valence-corrected chi connectivity index (χ3v) is 7.37. The van der Waals surface area contributed by atoms with Gasteiger partial charge in [-0.05, 0) is 84.1 Å². The molecular formula is C29H30BrN3O2. The average molecular weight is 532 g/mol. The fourth-order valence-corrected chi connectivity index (χ4v) is 5.34. The summed E-state index contributed by atoms with van der Waals surface area (Å²) in [5, 5.41) is 0. The smallest absolute Gasteiger partial charge is 0.227 e. The molecular weight excluding hydrogens is 502 g/mol. The van der Waals surface area contributed by atoms with E-state index in [1.165, 1.54) is 11.1 Å². The van der Waals surface area contributed by atoms with Crippen molar-refractivity contribution in [2.75, 3.05) is 18.1 Å². The molecule has 35 heavy (non-hydrogen) atoms. The van der Waals surface area contributed by atoms with Gasteiger partial charge in [-0.3, -0.25) is 4.79 Å². The summed E-state index contributed by atoms with van der Waals surface area (Å²) >= 11 is 3.60. The fraction of sp³-hybridized carbons (Fsp3) is 0.310. The Balaban J connectivity index is 1.30. The van der Waals surface area contributed by atoms with Crippen LogP contribution in [0.4, 0.5) is 5.69 Å². The standard InChI is InChI=1S/C29H30BrN3O2/c1-20-13-14-21(2)27(17-20)35-16-8-7-15-32-26-12-6-4-10-24(26)31-29(32)22-18-28(34)33(19-22)25-11-5-3-9-23(25)30/h3-6,9-14,17,22H,7-8,15-16,18-19H2,1-2H3. The summed E-state index contributed by atoms with van der Waals surface area (Å²) in [6.45, 7) is 6.35. The van der Waals surface area contributed by atoms with Crippen molar-refractivity contribution >= 4 is 38.6 Å². The molecule has 1 aromatic heterocycles. The second kappa shape index (κ2) is 10.2. The van der Waals surface area contributed by atoms with Crippen molar-refractivity contribution in [2.24, 2.45) is 0 Å². The van der Waals surface area contributed by atoms with Crippen LogP contribution in [0.2, 0.25) is 0 Å². The Morgan fingerprint density at radius 3 is 2.69 bits per heavy atom. The highest BCUT2D eigenvalue weighted by Gasteiger charge is 2.35. The number of imidazole rings is 1. The van der Waals surface area contributed by atoms with Crippen LogP contribution in [0.1, 0.15) is 42.1 Å². The lowest BCUT2D eigenvalue weighted by Gasteiger charge is -2.19. The number of aromatic nitrogens is 2. The molecule has 0 bridgehead atoms. The Morgan fingerprint density at radius 1 is 1.03 bits per heavy atom. The third kappa shape index (κ3) is 4.98. The SMILES string of the molecule is Cc1ccc(C)c(OCCCCn2c(C3CC(=O)N(c4ccccc4Br)C3)nc3ccccc32)c1. The summed E-state index contributed by atoms with van der Waals surface area (Å²) < 4.78 is 9.31. The van der Waals surface area contributed by atoms with Crippen LogP contribution in [0, 0.1) is 13.8 Å². The van der Waals surface area contributed by atoms with Crippen LogP contribution in [0.25, 0.3) is 11.0 Å². The number of amides is 1. The van der Waals surface area contributed by atoms with Crippen LogP contribution in [-0.4, -0.2) is 28.6 Å². The molecule has 180 valence electrons. The summed E-state index contributed by atoms with van der Waals surface area (Å²) in [4.78, 5) is 19.8. The van der Waals surface area contributed by atoms with E-state index in [1.54, 1.807) is 0 Å². The number of rotatable bonds is 8. The van der Waals surface area contributed by atoms with E-state index in [4.69, 9.17) is 9.72 Å². The van der Waals surface area contributed by atoms with Gasteiger partial charge in [0, 0.05) is 29.9 Å². The number of carbonyl (C=O) groups is 1. The molecule has 3 aromatic carbocycles. The Hall–Kier alpha value is -3.12. The number of aryl methyl sites for hydroxylation is 3. The highest BCUT2D eigenvalue weighted by atomic mass is 79.9. The third-order valence-electron chi connectivity index (χ3n) is 6.69. The van der Waals surface area contributed by atoms with Crippen LogP contribution in [0.5, 0.6) is 5.75 Å². The molecule has 0 spiro atoms. The first-order valence-corrected chi connectivity index (χ1v) is 13.0. The number of hydrogen-bond donors (Lipinski definition) is 0. The molecule has 1 aliphatic heterocycles. The van der Waals surface area contributed by atoms with E-state index in [-0.39, 0.29) is 11.8 Å². The Morgan fingerprint density at radius 2 is 1.83 bits per heavy atom. The zero-order chi connectivity index (χ0) is 24.4. The number of hydrogen-bond acceptors (Lipinski definition) is 3. The van der Waals surface area contributed by atoms with E-state index in [0.717, 1.165) is 52.2 Å². The number of ether oxygens (including phenoxy) is 1. The maximum absolute atomic E-state index is 13.0. The molecule has 6 heteroatoms. The van der Waals surface area contributed by atoms with Gasteiger partial charge in [-0.2, -0.15) is 0 Å². The van der Waals surface area contributed by atoms with Crippen LogP contribution < -0.4 is 9.64 Å². The predicted octanol–water partition coefficient (Wildman–Crippen LogP) is 6.80. The van der Waals surface area contributed by atoms with Crippen molar-refractivity contribution in [3.05, 3.63) is 88.2 Å². The molecule has 0 N–H and O–H groups in total. The van der Waals surface area contributed by atoms with Crippen LogP contribution in [0.3, 0.4) is 0 Å². The average Bonchev–Trinajstić information content (AvgIpc) is 3.42. The normalized spacial score (nSPS) is 15.8. The van der Waals surface area contributed by atoms with E-state index in [9.17, 15) is 4.79 Å². The number of halogens is 1.